The number of hydrogen-bond donors (Lipinski definition) is 2. The van der Waals surface area contributed by atoms with Gasteiger partial charge in [0.15, 0.2) is 0 Å². The Morgan fingerprint density at radius 3 is 2.86 bits per heavy atom. The molecule has 3 amide bonds. The van der Waals surface area contributed by atoms with Gasteiger partial charge in [-0.3, -0.25) is 14.4 Å². The van der Waals surface area contributed by atoms with E-state index in [4.69, 9.17) is 0 Å². The molecule has 1 atom stereocenters. The van der Waals surface area contributed by atoms with Gasteiger partial charge in [0.05, 0.1) is 11.3 Å². The predicted molar refractivity (Wildman–Crippen MR) is 110 cm³/mol. The second-order valence-corrected chi connectivity index (χ2v) is 7.56. The lowest BCUT2D eigenvalue weighted by Crippen LogP contribution is -2.40. The number of fused-ring (bicyclic) bond motifs is 3. The third-order valence-electron chi connectivity index (χ3n) is 5.73. The van der Waals surface area contributed by atoms with Crippen LogP contribution in [0.4, 0.5) is 11.4 Å². The SMILES string of the molecule is Cn1ccc2ccc(C(=O)Nc3ccc4c(c3)C(=O)N3CCC[C@H]3C(=O)N4)cc21. The molecule has 5 rings (SSSR count). The quantitative estimate of drug-likeness (QED) is 0.708. The number of nitrogens with zero attached hydrogens (tertiary/aromatic N) is 2. The van der Waals surface area contributed by atoms with Crippen molar-refractivity contribution in [3.63, 3.8) is 0 Å². The van der Waals surface area contributed by atoms with Gasteiger partial charge in [-0.15, -0.1) is 0 Å². The van der Waals surface area contributed by atoms with E-state index in [1.54, 1.807) is 29.2 Å². The number of hydrogen-bond acceptors (Lipinski definition) is 3. The maximum atomic E-state index is 12.9. The summed E-state index contributed by atoms with van der Waals surface area (Å²) in [6.45, 7) is 0.573. The highest BCUT2D eigenvalue weighted by molar-refractivity contribution is 6.12. The van der Waals surface area contributed by atoms with E-state index >= 15 is 0 Å². The minimum Gasteiger partial charge on any atom is -0.351 e. The number of benzene rings is 2. The molecule has 1 aromatic heterocycles. The third kappa shape index (κ3) is 2.86. The molecule has 3 heterocycles. The summed E-state index contributed by atoms with van der Waals surface area (Å²) in [5.41, 5.74) is 2.91. The minimum absolute atomic E-state index is 0.151. The molecule has 0 saturated carbocycles. The van der Waals surface area contributed by atoms with Gasteiger partial charge in [0.2, 0.25) is 5.91 Å². The first-order chi connectivity index (χ1) is 14.0. The molecule has 2 aliphatic heterocycles. The van der Waals surface area contributed by atoms with E-state index in [0.29, 0.717) is 35.5 Å². The molecule has 2 aromatic carbocycles. The van der Waals surface area contributed by atoms with E-state index in [9.17, 15) is 14.4 Å². The number of aryl methyl sites for hydroxylation is 1. The Morgan fingerprint density at radius 2 is 2.00 bits per heavy atom. The van der Waals surface area contributed by atoms with Crippen LogP contribution in [0.1, 0.15) is 33.6 Å². The fourth-order valence-electron chi connectivity index (χ4n) is 4.17. The van der Waals surface area contributed by atoms with Crippen LogP contribution in [0.5, 0.6) is 0 Å². The van der Waals surface area contributed by atoms with Crippen LogP contribution in [0.25, 0.3) is 10.9 Å². The average Bonchev–Trinajstić information content (AvgIpc) is 3.33. The largest absolute Gasteiger partial charge is 0.351 e. The van der Waals surface area contributed by atoms with Crippen molar-refractivity contribution in [2.75, 3.05) is 17.2 Å². The highest BCUT2D eigenvalue weighted by Crippen LogP contribution is 2.30. The molecule has 1 saturated heterocycles. The maximum absolute atomic E-state index is 12.9. The normalized spacial score (nSPS) is 18.2. The van der Waals surface area contributed by atoms with Crippen molar-refractivity contribution in [1.82, 2.24) is 9.47 Å². The van der Waals surface area contributed by atoms with Crippen LogP contribution in [0.2, 0.25) is 0 Å². The molecule has 0 bridgehead atoms. The van der Waals surface area contributed by atoms with Gasteiger partial charge < -0.3 is 20.1 Å². The summed E-state index contributed by atoms with van der Waals surface area (Å²) < 4.78 is 1.96. The van der Waals surface area contributed by atoms with Crippen LogP contribution in [-0.4, -0.2) is 39.8 Å². The highest BCUT2D eigenvalue weighted by atomic mass is 16.2. The smallest absolute Gasteiger partial charge is 0.256 e. The van der Waals surface area contributed by atoms with Crippen LogP contribution >= 0.6 is 0 Å². The molecule has 2 N–H and O–H groups in total. The van der Waals surface area contributed by atoms with Crippen LogP contribution in [0, 0.1) is 0 Å². The van der Waals surface area contributed by atoms with Crippen LogP contribution < -0.4 is 10.6 Å². The molecule has 7 heteroatoms. The molecule has 2 aliphatic rings. The molecule has 0 spiro atoms. The Balaban J connectivity index is 1.44. The molecule has 29 heavy (non-hydrogen) atoms. The van der Waals surface area contributed by atoms with E-state index in [1.165, 1.54) is 0 Å². The summed E-state index contributed by atoms with van der Waals surface area (Å²) in [7, 11) is 1.93. The Hall–Kier alpha value is -3.61. The fraction of sp³-hybridized carbons (Fsp3) is 0.227. The molecule has 3 aromatic rings. The zero-order chi connectivity index (χ0) is 20.1. The van der Waals surface area contributed by atoms with Crippen molar-refractivity contribution in [3.05, 3.63) is 59.8 Å². The number of amides is 3. The lowest BCUT2D eigenvalue weighted by molar-refractivity contribution is -0.119. The van der Waals surface area contributed by atoms with Gasteiger partial charge in [-0.2, -0.15) is 0 Å². The van der Waals surface area contributed by atoms with Gasteiger partial charge in [-0.05, 0) is 54.6 Å². The van der Waals surface area contributed by atoms with E-state index < -0.39 is 6.04 Å². The van der Waals surface area contributed by atoms with Gasteiger partial charge in [0.25, 0.3) is 11.8 Å². The second-order valence-electron chi connectivity index (χ2n) is 7.56. The highest BCUT2D eigenvalue weighted by Gasteiger charge is 2.38. The van der Waals surface area contributed by atoms with Crippen molar-refractivity contribution in [1.29, 1.82) is 0 Å². The predicted octanol–water partition coefficient (Wildman–Crippen LogP) is 2.99. The zero-order valence-electron chi connectivity index (χ0n) is 15.9. The molecular weight excluding hydrogens is 368 g/mol. The first-order valence-corrected chi connectivity index (χ1v) is 9.63. The van der Waals surface area contributed by atoms with Crippen molar-refractivity contribution >= 4 is 40.0 Å². The van der Waals surface area contributed by atoms with Crippen molar-refractivity contribution < 1.29 is 14.4 Å². The number of aromatic nitrogens is 1. The van der Waals surface area contributed by atoms with Gasteiger partial charge >= 0.3 is 0 Å². The van der Waals surface area contributed by atoms with Crippen molar-refractivity contribution in [3.8, 4) is 0 Å². The summed E-state index contributed by atoms with van der Waals surface area (Å²) in [4.78, 5) is 39.7. The molecule has 0 radical (unpaired) electrons. The molecule has 146 valence electrons. The Morgan fingerprint density at radius 1 is 1.14 bits per heavy atom. The monoisotopic (exact) mass is 388 g/mol. The second kappa shape index (κ2) is 6.48. The van der Waals surface area contributed by atoms with Crippen molar-refractivity contribution in [2.45, 2.75) is 18.9 Å². The van der Waals surface area contributed by atoms with Gasteiger partial charge in [0.1, 0.15) is 6.04 Å². The molecular formula is C22H20N4O3. The van der Waals surface area contributed by atoms with Gasteiger partial charge in [-0.25, -0.2) is 0 Å². The van der Waals surface area contributed by atoms with Gasteiger partial charge in [-0.1, -0.05) is 6.07 Å². The zero-order valence-corrected chi connectivity index (χ0v) is 15.9. The summed E-state index contributed by atoms with van der Waals surface area (Å²) in [5, 5.41) is 6.77. The molecule has 0 unspecified atom stereocenters. The Bertz CT molecular complexity index is 1180. The molecule has 0 aliphatic carbocycles. The lowest BCUT2D eigenvalue weighted by Gasteiger charge is -2.20. The summed E-state index contributed by atoms with van der Waals surface area (Å²) in [6, 6.07) is 12.1. The average molecular weight is 388 g/mol. The molecule has 7 nitrogen and oxygen atoms in total. The minimum atomic E-state index is -0.412. The lowest BCUT2D eigenvalue weighted by atomic mass is 10.1. The Kier molecular flexibility index (Phi) is 3.91. The van der Waals surface area contributed by atoms with E-state index in [1.807, 2.05) is 36.0 Å². The number of carbonyl (C=O) groups excluding carboxylic acids is 3. The topological polar surface area (TPSA) is 83.4 Å². The Labute approximate surface area is 167 Å². The van der Waals surface area contributed by atoms with Gasteiger partial charge in [0, 0.05) is 36.6 Å². The van der Waals surface area contributed by atoms with Crippen LogP contribution in [0.3, 0.4) is 0 Å². The van der Waals surface area contributed by atoms with Crippen LogP contribution in [0.15, 0.2) is 48.7 Å². The summed E-state index contributed by atoms with van der Waals surface area (Å²) in [5.74, 6) is -0.582. The number of rotatable bonds is 2. The first kappa shape index (κ1) is 17.5. The van der Waals surface area contributed by atoms with E-state index in [-0.39, 0.29) is 17.7 Å². The third-order valence-corrected chi connectivity index (χ3v) is 5.73. The van der Waals surface area contributed by atoms with E-state index in [0.717, 1.165) is 17.3 Å². The maximum Gasteiger partial charge on any atom is 0.256 e. The first-order valence-electron chi connectivity index (χ1n) is 9.63. The number of carbonyl (C=O) groups is 3. The van der Waals surface area contributed by atoms with E-state index in [2.05, 4.69) is 10.6 Å². The fourth-order valence-corrected chi connectivity index (χ4v) is 4.17. The molecule has 1 fully saturated rings. The van der Waals surface area contributed by atoms with Crippen molar-refractivity contribution in [2.24, 2.45) is 7.05 Å². The standard InChI is InChI=1S/C22H20N4O3/c1-25-10-8-13-4-5-14(11-19(13)25)20(27)23-15-6-7-17-16(12-15)22(29)26-9-2-3-18(26)21(28)24-17/h4-8,10-12,18H,2-3,9H2,1H3,(H,23,27)(H,24,28)/t18-/m0/s1. The summed E-state index contributed by atoms with van der Waals surface area (Å²) >= 11 is 0. The van der Waals surface area contributed by atoms with Crippen LogP contribution in [-0.2, 0) is 11.8 Å². The summed E-state index contributed by atoms with van der Waals surface area (Å²) in [6.07, 6.45) is 3.44. The number of nitrogens with one attached hydrogen (secondary N) is 2. The number of anilines is 2.